The van der Waals surface area contributed by atoms with Crippen molar-refractivity contribution in [3.05, 3.63) is 83.9 Å². The monoisotopic (exact) mass is 522 g/mol. The predicted molar refractivity (Wildman–Crippen MR) is 144 cm³/mol. The summed E-state index contributed by atoms with van der Waals surface area (Å²) in [5.41, 5.74) is 1.82. The Labute approximate surface area is 214 Å². The van der Waals surface area contributed by atoms with E-state index in [0.29, 0.717) is 29.5 Å². The topological polar surface area (TPSA) is 92.2 Å². The number of carbonyl (C=O) groups is 1. The molecule has 0 unspecified atom stereocenters. The van der Waals surface area contributed by atoms with E-state index in [1.165, 1.54) is 44.9 Å². The van der Waals surface area contributed by atoms with E-state index >= 15 is 0 Å². The fourth-order valence-corrected chi connectivity index (χ4v) is 5.98. The number of nitrogens with zero attached hydrogens (tertiary/aromatic N) is 4. The summed E-state index contributed by atoms with van der Waals surface area (Å²) in [7, 11) is -2.04. The summed E-state index contributed by atoms with van der Waals surface area (Å²) >= 11 is 1.31. The lowest BCUT2D eigenvalue weighted by molar-refractivity contribution is 0.0987. The third-order valence-corrected chi connectivity index (χ3v) is 8.58. The van der Waals surface area contributed by atoms with Gasteiger partial charge in [-0.1, -0.05) is 55.5 Å². The molecule has 3 aromatic carbocycles. The van der Waals surface area contributed by atoms with Crippen LogP contribution in [0.4, 0.5) is 5.13 Å². The zero-order chi connectivity index (χ0) is 25.7. The first-order valence-corrected chi connectivity index (χ1v) is 13.6. The van der Waals surface area contributed by atoms with Gasteiger partial charge in [-0.15, -0.1) is 0 Å². The molecule has 0 aliphatic heterocycles. The van der Waals surface area contributed by atoms with Crippen molar-refractivity contribution in [2.24, 2.45) is 5.10 Å². The first-order chi connectivity index (χ1) is 17.4. The van der Waals surface area contributed by atoms with Gasteiger partial charge in [0.2, 0.25) is 15.2 Å². The van der Waals surface area contributed by atoms with Gasteiger partial charge in [0.05, 0.1) is 28.4 Å². The lowest BCUT2D eigenvalue weighted by Crippen LogP contribution is -2.30. The van der Waals surface area contributed by atoms with Crippen molar-refractivity contribution in [2.45, 2.75) is 18.7 Å². The summed E-state index contributed by atoms with van der Waals surface area (Å²) in [4.78, 5) is 18.3. The number of thiazole rings is 1. The van der Waals surface area contributed by atoms with Gasteiger partial charge in [0.25, 0.3) is 5.91 Å². The molecule has 0 saturated heterocycles. The van der Waals surface area contributed by atoms with Crippen LogP contribution in [0, 0.1) is 0 Å². The zero-order valence-corrected chi connectivity index (χ0v) is 21.8. The lowest BCUT2D eigenvalue weighted by atomic mass is 10.2. The highest BCUT2D eigenvalue weighted by molar-refractivity contribution is 7.89. The second-order valence-electron chi connectivity index (χ2n) is 7.72. The van der Waals surface area contributed by atoms with E-state index in [1.807, 2.05) is 42.5 Å². The minimum Gasteiger partial charge on any atom is -0.497 e. The summed E-state index contributed by atoms with van der Waals surface area (Å²) in [6.45, 7) is 4.30. The molecule has 0 saturated carbocycles. The molecule has 0 atom stereocenters. The number of hydrogen-bond acceptors (Lipinski definition) is 7. The van der Waals surface area contributed by atoms with E-state index in [2.05, 4.69) is 10.1 Å². The van der Waals surface area contributed by atoms with Crippen molar-refractivity contribution in [1.29, 1.82) is 0 Å². The van der Waals surface area contributed by atoms with Crippen LogP contribution in [0.1, 0.15) is 29.8 Å². The largest absolute Gasteiger partial charge is 0.497 e. The van der Waals surface area contributed by atoms with Crippen molar-refractivity contribution in [2.75, 3.05) is 25.2 Å². The van der Waals surface area contributed by atoms with Crippen LogP contribution < -0.4 is 9.75 Å². The Kier molecular flexibility index (Phi) is 7.78. The van der Waals surface area contributed by atoms with Crippen LogP contribution in [-0.4, -0.2) is 50.0 Å². The van der Waals surface area contributed by atoms with Crippen molar-refractivity contribution in [1.82, 2.24) is 9.29 Å². The molecular weight excluding hydrogens is 496 g/mol. The van der Waals surface area contributed by atoms with E-state index < -0.39 is 15.9 Å². The van der Waals surface area contributed by atoms with Crippen molar-refractivity contribution in [3.8, 4) is 5.75 Å². The van der Waals surface area contributed by atoms with E-state index in [1.54, 1.807) is 33.2 Å². The standard InChI is InChI=1S/C26H26N4O4S2/c1-4-29(5-2)36(32,33)22-14-11-20(12-15-22)25(31)30(27-18-19-9-7-6-8-10-19)26-28-23-16-13-21(34-3)17-24(23)35-26/h6-18H,4-5H2,1-3H3/b27-18+. The summed E-state index contributed by atoms with van der Waals surface area (Å²) in [6.07, 6.45) is 1.59. The van der Waals surface area contributed by atoms with Gasteiger partial charge < -0.3 is 4.74 Å². The SMILES string of the molecule is CCN(CC)S(=O)(=O)c1ccc(C(=O)N(/N=C/c2ccccc2)c2nc3ccc(OC)cc3s2)cc1. The molecular formula is C26H26N4O4S2. The maximum atomic E-state index is 13.6. The predicted octanol–water partition coefficient (Wildman–Crippen LogP) is 5.02. The van der Waals surface area contributed by atoms with Crippen LogP contribution in [0.5, 0.6) is 5.75 Å². The van der Waals surface area contributed by atoms with Crippen LogP contribution in [0.3, 0.4) is 0 Å². The molecule has 10 heteroatoms. The number of hydrazone groups is 1. The van der Waals surface area contributed by atoms with E-state index in [0.717, 1.165) is 10.3 Å². The zero-order valence-electron chi connectivity index (χ0n) is 20.2. The van der Waals surface area contributed by atoms with Gasteiger partial charge in [-0.05, 0) is 48.0 Å². The number of rotatable bonds is 9. The molecule has 1 aromatic heterocycles. The minimum absolute atomic E-state index is 0.133. The molecule has 0 aliphatic carbocycles. The van der Waals surface area contributed by atoms with Crippen LogP contribution in [-0.2, 0) is 10.0 Å². The summed E-state index contributed by atoms with van der Waals surface area (Å²) in [6, 6.07) is 20.8. The maximum Gasteiger partial charge on any atom is 0.280 e. The number of hydrogen-bond donors (Lipinski definition) is 0. The molecule has 4 aromatic rings. The number of aromatic nitrogens is 1. The van der Waals surface area contributed by atoms with Crippen LogP contribution in [0.25, 0.3) is 10.2 Å². The van der Waals surface area contributed by atoms with Gasteiger partial charge in [0.1, 0.15) is 5.75 Å². The summed E-state index contributed by atoms with van der Waals surface area (Å²) in [5.74, 6) is 0.258. The molecule has 0 radical (unpaired) electrons. The number of carbonyl (C=O) groups excluding carboxylic acids is 1. The Bertz CT molecular complexity index is 1480. The Balaban J connectivity index is 1.71. The fraction of sp³-hybridized carbons (Fsp3) is 0.192. The molecule has 0 fully saturated rings. The van der Waals surface area contributed by atoms with Gasteiger partial charge in [-0.3, -0.25) is 4.79 Å². The first-order valence-electron chi connectivity index (χ1n) is 11.4. The number of ether oxygens (including phenoxy) is 1. The highest BCUT2D eigenvalue weighted by Crippen LogP contribution is 2.32. The number of anilines is 1. The third kappa shape index (κ3) is 5.30. The fourth-order valence-electron chi connectivity index (χ4n) is 3.57. The van der Waals surface area contributed by atoms with E-state index in [9.17, 15) is 13.2 Å². The molecule has 0 N–H and O–H groups in total. The van der Waals surface area contributed by atoms with Crippen molar-refractivity contribution < 1.29 is 17.9 Å². The summed E-state index contributed by atoms with van der Waals surface area (Å²) < 4.78 is 33.2. The third-order valence-electron chi connectivity index (χ3n) is 5.52. The lowest BCUT2D eigenvalue weighted by Gasteiger charge is -2.19. The van der Waals surface area contributed by atoms with Gasteiger partial charge in [0.15, 0.2) is 0 Å². The highest BCUT2D eigenvalue weighted by Gasteiger charge is 2.24. The molecule has 1 amide bonds. The second kappa shape index (κ2) is 11.0. The molecule has 1 heterocycles. The molecule has 4 rings (SSSR count). The number of benzene rings is 3. The Hall–Kier alpha value is -3.60. The van der Waals surface area contributed by atoms with Gasteiger partial charge in [0, 0.05) is 18.7 Å². The van der Waals surface area contributed by atoms with E-state index in [-0.39, 0.29) is 10.5 Å². The smallest absolute Gasteiger partial charge is 0.280 e. The van der Waals surface area contributed by atoms with Crippen LogP contribution in [0.15, 0.2) is 82.8 Å². The maximum absolute atomic E-state index is 13.6. The Morgan fingerprint density at radius 1 is 1.03 bits per heavy atom. The molecule has 0 aliphatic rings. The minimum atomic E-state index is -3.63. The van der Waals surface area contributed by atoms with Gasteiger partial charge in [-0.25, -0.2) is 13.4 Å². The molecule has 0 spiro atoms. The normalized spacial score (nSPS) is 11.9. The van der Waals surface area contributed by atoms with Crippen LogP contribution >= 0.6 is 11.3 Å². The summed E-state index contributed by atoms with van der Waals surface area (Å²) in [5, 5.41) is 6.07. The number of methoxy groups -OCH3 is 1. The molecule has 186 valence electrons. The van der Waals surface area contributed by atoms with Gasteiger partial charge >= 0.3 is 0 Å². The highest BCUT2D eigenvalue weighted by atomic mass is 32.2. The Morgan fingerprint density at radius 2 is 1.72 bits per heavy atom. The van der Waals surface area contributed by atoms with Crippen molar-refractivity contribution in [3.63, 3.8) is 0 Å². The number of fused-ring (bicyclic) bond motifs is 1. The molecule has 0 bridgehead atoms. The van der Waals surface area contributed by atoms with E-state index in [4.69, 9.17) is 4.74 Å². The van der Waals surface area contributed by atoms with Crippen LogP contribution in [0.2, 0.25) is 0 Å². The average Bonchev–Trinajstić information content (AvgIpc) is 3.33. The number of sulfonamides is 1. The quantitative estimate of drug-likeness (QED) is 0.227. The molecule has 36 heavy (non-hydrogen) atoms. The molecule has 8 nitrogen and oxygen atoms in total. The van der Waals surface area contributed by atoms with Crippen molar-refractivity contribution >= 4 is 48.8 Å². The Morgan fingerprint density at radius 3 is 2.36 bits per heavy atom. The second-order valence-corrected chi connectivity index (χ2v) is 10.7. The average molecular weight is 523 g/mol. The van der Waals surface area contributed by atoms with Gasteiger partial charge in [-0.2, -0.15) is 14.4 Å². The number of amides is 1. The first kappa shape index (κ1) is 25.5.